The molecule has 0 N–H and O–H groups in total. The minimum Gasteiger partial charge on any atom is -0.299 e. The van der Waals surface area contributed by atoms with Crippen LogP contribution < -0.4 is 0 Å². The molecule has 0 aliphatic carbocycles. The topological polar surface area (TPSA) is 17.1 Å². The molecule has 2 aromatic rings. The van der Waals surface area contributed by atoms with Crippen LogP contribution in [0.2, 0.25) is 0 Å². The minimum absolute atomic E-state index is 0.152. The summed E-state index contributed by atoms with van der Waals surface area (Å²) in [5.41, 5.74) is 1.91. The molecule has 0 aromatic heterocycles. The van der Waals surface area contributed by atoms with Crippen LogP contribution in [0.4, 0.5) is 4.39 Å². The molecule has 1 atom stereocenters. The highest BCUT2D eigenvalue weighted by molar-refractivity contribution is 5.87. The summed E-state index contributed by atoms with van der Waals surface area (Å²) in [4.78, 5) is 12.3. The van der Waals surface area contributed by atoms with Gasteiger partial charge in [0.15, 0.2) is 0 Å². The summed E-state index contributed by atoms with van der Waals surface area (Å²) in [5, 5.41) is 0. The van der Waals surface area contributed by atoms with Crippen molar-refractivity contribution in [1.82, 2.24) is 0 Å². The van der Waals surface area contributed by atoms with Crippen molar-refractivity contribution in [2.45, 2.75) is 25.7 Å². The van der Waals surface area contributed by atoms with Crippen molar-refractivity contribution in [3.63, 3.8) is 0 Å². The van der Waals surface area contributed by atoms with E-state index in [-0.39, 0.29) is 17.5 Å². The molecule has 0 spiro atoms. The van der Waals surface area contributed by atoms with E-state index in [4.69, 9.17) is 0 Å². The Balaban J connectivity index is 2.13. The number of benzene rings is 2. The molecule has 0 radical (unpaired) electrons. The van der Waals surface area contributed by atoms with Gasteiger partial charge in [0.1, 0.15) is 11.6 Å². The van der Waals surface area contributed by atoms with Gasteiger partial charge in [-0.15, -0.1) is 0 Å². The van der Waals surface area contributed by atoms with Crippen LogP contribution in [0.15, 0.2) is 54.6 Å². The normalized spacial score (nSPS) is 12.1. The van der Waals surface area contributed by atoms with Gasteiger partial charge in [-0.3, -0.25) is 4.79 Å². The van der Waals surface area contributed by atoms with E-state index in [9.17, 15) is 9.18 Å². The molecule has 0 heterocycles. The zero-order valence-electron chi connectivity index (χ0n) is 11.0. The van der Waals surface area contributed by atoms with Gasteiger partial charge in [0.2, 0.25) is 0 Å². The Hall–Kier alpha value is -1.96. The van der Waals surface area contributed by atoms with E-state index >= 15 is 0 Å². The van der Waals surface area contributed by atoms with Crippen LogP contribution in [-0.4, -0.2) is 5.78 Å². The van der Waals surface area contributed by atoms with E-state index in [0.717, 1.165) is 17.5 Å². The molecule has 1 unspecified atom stereocenters. The molecule has 2 aromatic carbocycles. The van der Waals surface area contributed by atoms with Crippen molar-refractivity contribution in [2.75, 3.05) is 0 Å². The van der Waals surface area contributed by atoms with Crippen LogP contribution >= 0.6 is 0 Å². The molecule has 2 rings (SSSR count). The van der Waals surface area contributed by atoms with Gasteiger partial charge >= 0.3 is 0 Å². The van der Waals surface area contributed by atoms with Gasteiger partial charge in [-0.25, -0.2) is 4.39 Å². The Morgan fingerprint density at radius 2 is 1.68 bits per heavy atom. The van der Waals surface area contributed by atoms with Gasteiger partial charge < -0.3 is 0 Å². The smallest absolute Gasteiger partial charge is 0.144 e. The first kappa shape index (κ1) is 13.5. The van der Waals surface area contributed by atoms with Crippen molar-refractivity contribution >= 4 is 5.78 Å². The fourth-order valence-electron chi connectivity index (χ4n) is 2.26. The Labute approximate surface area is 113 Å². The van der Waals surface area contributed by atoms with Crippen LogP contribution in [0, 0.1) is 5.82 Å². The third-order valence-corrected chi connectivity index (χ3v) is 3.29. The van der Waals surface area contributed by atoms with Crippen LogP contribution in [0.3, 0.4) is 0 Å². The maximum Gasteiger partial charge on any atom is 0.144 e. The number of hydrogen-bond acceptors (Lipinski definition) is 1. The fraction of sp³-hybridized carbons (Fsp3) is 0.235. The highest BCUT2D eigenvalue weighted by Gasteiger charge is 2.18. The second-order valence-electron chi connectivity index (χ2n) is 4.64. The molecular formula is C17H17FO. The molecule has 0 aliphatic heterocycles. The Morgan fingerprint density at radius 1 is 1.05 bits per heavy atom. The summed E-state index contributed by atoms with van der Waals surface area (Å²) in [6, 6.07) is 15.9. The van der Waals surface area contributed by atoms with E-state index < -0.39 is 0 Å². The lowest BCUT2D eigenvalue weighted by Gasteiger charge is -2.14. The second-order valence-corrected chi connectivity index (χ2v) is 4.64. The highest BCUT2D eigenvalue weighted by Crippen LogP contribution is 2.22. The molecule has 0 bridgehead atoms. The molecule has 2 heteroatoms. The fourth-order valence-corrected chi connectivity index (χ4v) is 2.26. The van der Waals surface area contributed by atoms with E-state index in [0.29, 0.717) is 6.42 Å². The van der Waals surface area contributed by atoms with Gasteiger partial charge in [-0.2, -0.15) is 0 Å². The summed E-state index contributed by atoms with van der Waals surface area (Å²) < 4.78 is 12.9. The first-order valence-electron chi connectivity index (χ1n) is 6.52. The number of rotatable bonds is 5. The SMILES string of the molecule is CCC(C(=O)Cc1ccccc1)c1ccc(F)cc1. The van der Waals surface area contributed by atoms with Crippen LogP contribution in [-0.2, 0) is 11.2 Å². The first-order chi connectivity index (χ1) is 9.20. The predicted molar refractivity (Wildman–Crippen MR) is 74.6 cm³/mol. The molecule has 0 fully saturated rings. The van der Waals surface area contributed by atoms with Crippen LogP contribution in [0.1, 0.15) is 30.4 Å². The lowest BCUT2D eigenvalue weighted by atomic mass is 9.89. The third kappa shape index (κ3) is 3.50. The largest absolute Gasteiger partial charge is 0.299 e. The standard InChI is InChI=1S/C17H17FO/c1-2-16(14-8-10-15(18)11-9-14)17(19)12-13-6-4-3-5-7-13/h3-11,16H,2,12H2,1H3. The first-order valence-corrected chi connectivity index (χ1v) is 6.52. The quantitative estimate of drug-likeness (QED) is 0.786. The maximum atomic E-state index is 12.9. The Kier molecular flexibility index (Phi) is 4.45. The van der Waals surface area contributed by atoms with Crippen molar-refractivity contribution in [2.24, 2.45) is 0 Å². The lowest BCUT2D eigenvalue weighted by Crippen LogP contribution is -2.14. The zero-order chi connectivity index (χ0) is 13.7. The van der Waals surface area contributed by atoms with E-state index in [1.807, 2.05) is 37.3 Å². The van der Waals surface area contributed by atoms with Crippen LogP contribution in [0.25, 0.3) is 0 Å². The summed E-state index contributed by atoms with van der Waals surface area (Å²) >= 11 is 0. The number of Topliss-reactive ketones (excluding diaryl/α,β-unsaturated/α-hetero) is 1. The van der Waals surface area contributed by atoms with Gasteiger partial charge in [0, 0.05) is 12.3 Å². The zero-order valence-corrected chi connectivity index (χ0v) is 11.0. The maximum absolute atomic E-state index is 12.9. The molecular weight excluding hydrogens is 239 g/mol. The number of halogens is 1. The highest BCUT2D eigenvalue weighted by atomic mass is 19.1. The van der Waals surface area contributed by atoms with Crippen molar-refractivity contribution in [1.29, 1.82) is 0 Å². The molecule has 0 aliphatic rings. The van der Waals surface area contributed by atoms with E-state index in [2.05, 4.69) is 0 Å². The number of carbonyl (C=O) groups excluding carboxylic acids is 1. The molecule has 0 saturated heterocycles. The van der Waals surface area contributed by atoms with Crippen molar-refractivity contribution < 1.29 is 9.18 Å². The summed E-state index contributed by atoms with van der Waals surface area (Å²) in [6.45, 7) is 1.98. The Morgan fingerprint density at radius 3 is 2.26 bits per heavy atom. The molecule has 98 valence electrons. The average molecular weight is 256 g/mol. The minimum atomic E-state index is -0.269. The lowest BCUT2D eigenvalue weighted by molar-refractivity contribution is -0.119. The third-order valence-electron chi connectivity index (χ3n) is 3.29. The molecule has 0 amide bonds. The summed E-state index contributed by atoms with van der Waals surface area (Å²) in [7, 11) is 0. The Bertz CT molecular complexity index is 531. The van der Waals surface area contributed by atoms with Crippen LogP contribution in [0.5, 0.6) is 0 Å². The van der Waals surface area contributed by atoms with Crippen molar-refractivity contribution in [3.8, 4) is 0 Å². The number of ketones is 1. The van der Waals surface area contributed by atoms with Gasteiger partial charge in [0.05, 0.1) is 0 Å². The van der Waals surface area contributed by atoms with E-state index in [1.165, 1.54) is 12.1 Å². The monoisotopic (exact) mass is 256 g/mol. The molecule has 0 saturated carbocycles. The van der Waals surface area contributed by atoms with E-state index in [1.54, 1.807) is 12.1 Å². The predicted octanol–water partition coefficient (Wildman–Crippen LogP) is 4.13. The second kappa shape index (κ2) is 6.28. The van der Waals surface area contributed by atoms with Gasteiger partial charge in [-0.05, 0) is 29.7 Å². The van der Waals surface area contributed by atoms with Gasteiger partial charge in [-0.1, -0.05) is 49.4 Å². The van der Waals surface area contributed by atoms with Crippen molar-refractivity contribution in [3.05, 3.63) is 71.5 Å². The van der Waals surface area contributed by atoms with Gasteiger partial charge in [0.25, 0.3) is 0 Å². The summed E-state index contributed by atoms with van der Waals surface area (Å²) in [6.07, 6.45) is 1.16. The number of carbonyl (C=O) groups is 1. The number of hydrogen-bond donors (Lipinski definition) is 0. The average Bonchev–Trinajstić information content (AvgIpc) is 2.43. The molecule has 19 heavy (non-hydrogen) atoms. The molecule has 1 nitrogen and oxygen atoms in total. The summed E-state index contributed by atoms with van der Waals surface area (Å²) in [5.74, 6) is -0.241.